The highest BCUT2D eigenvalue weighted by Crippen LogP contribution is 2.10. The van der Waals surface area contributed by atoms with Crippen molar-refractivity contribution >= 4 is 5.91 Å². The first kappa shape index (κ1) is 14.8. The number of rotatable bonds is 3. The van der Waals surface area contributed by atoms with Gasteiger partial charge in [0.05, 0.1) is 5.69 Å². The third kappa shape index (κ3) is 3.94. The molecule has 5 heteroatoms. The van der Waals surface area contributed by atoms with Crippen LogP contribution in [0.5, 0.6) is 0 Å². The maximum Gasteiger partial charge on any atom is 0.292 e. The molecule has 108 valence electrons. The molecule has 0 aliphatic heterocycles. The number of carbonyl (C=O) groups is 1. The average molecular weight is 284 g/mol. The van der Waals surface area contributed by atoms with E-state index >= 15 is 0 Å². The second-order valence-electron chi connectivity index (χ2n) is 4.65. The number of amides is 1. The van der Waals surface area contributed by atoms with Crippen LogP contribution in [0.25, 0.3) is 0 Å². The Kier molecular flexibility index (Phi) is 4.75. The summed E-state index contributed by atoms with van der Waals surface area (Å²) in [5.41, 5.74) is 2.49. The van der Waals surface area contributed by atoms with Crippen LogP contribution in [0.2, 0.25) is 0 Å². The van der Waals surface area contributed by atoms with Gasteiger partial charge in [-0.25, -0.2) is 0 Å². The number of aliphatic hydroxyl groups is 1. The van der Waals surface area contributed by atoms with E-state index in [9.17, 15) is 4.79 Å². The summed E-state index contributed by atoms with van der Waals surface area (Å²) in [7, 11) is 1.71. The molecule has 1 N–H and O–H groups in total. The average Bonchev–Trinajstić information content (AvgIpc) is 2.92. The van der Waals surface area contributed by atoms with E-state index in [-0.39, 0.29) is 18.3 Å². The van der Waals surface area contributed by atoms with Crippen LogP contribution in [0, 0.1) is 18.8 Å². The number of aliphatic hydroxyl groups excluding tert-OH is 1. The Labute approximate surface area is 123 Å². The minimum Gasteiger partial charge on any atom is -0.384 e. The van der Waals surface area contributed by atoms with Crippen molar-refractivity contribution in [1.29, 1.82) is 0 Å². The zero-order valence-corrected chi connectivity index (χ0v) is 12.0. The minimum atomic E-state index is -0.209. The fourth-order valence-corrected chi connectivity index (χ4v) is 1.83. The number of nitrogens with zero attached hydrogens (tertiary/aromatic N) is 2. The summed E-state index contributed by atoms with van der Waals surface area (Å²) in [6.07, 6.45) is 0. The molecule has 1 aromatic carbocycles. The monoisotopic (exact) mass is 284 g/mol. The van der Waals surface area contributed by atoms with E-state index in [1.807, 2.05) is 24.3 Å². The van der Waals surface area contributed by atoms with Gasteiger partial charge in [0.15, 0.2) is 0 Å². The van der Waals surface area contributed by atoms with E-state index in [0.717, 1.165) is 11.1 Å². The molecule has 0 spiro atoms. The molecular weight excluding hydrogens is 268 g/mol. The van der Waals surface area contributed by atoms with Crippen LogP contribution in [0.3, 0.4) is 0 Å². The molecule has 21 heavy (non-hydrogen) atoms. The molecule has 0 saturated heterocycles. The predicted molar refractivity (Wildman–Crippen MR) is 77.4 cm³/mol. The van der Waals surface area contributed by atoms with Gasteiger partial charge in [-0.05, 0) is 24.6 Å². The van der Waals surface area contributed by atoms with Crippen molar-refractivity contribution in [3.63, 3.8) is 0 Å². The fraction of sp³-hybridized carbons (Fsp3) is 0.250. The lowest BCUT2D eigenvalue weighted by Gasteiger charge is -2.15. The van der Waals surface area contributed by atoms with Crippen LogP contribution in [0.15, 0.2) is 34.9 Å². The molecular formula is C16H16N2O3. The molecule has 0 aliphatic rings. The topological polar surface area (TPSA) is 66.6 Å². The Bertz CT molecular complexity index is 678. The summed E-state index contributed by atoms with van der Waals surface area (Å²) in [6, 6.07) is 9.13. The summed E-state index contributed by atoms with van der Waals surface area (Å²) in [6.45, 7) is 2.08. The molecule has 0 aliphatic carbocycles. The highest BCUT2D eigenvalue weighted by atomic mass is 16.5. The number of aromatic nitrogens is 1. The van der Waals surface area contributed by atoms with E-state index in [1.165, 1.54) is 0 Å². The number of hydrogen-bond donors (Lipinski definition) is 1. The Morgan fingerprint density at radius 2 is 2.10 bits per heavy atom. The van der Waals surface area contributed by atoms with Gasteiger partial charge in [-0.1, -0.05) is 29.1 Å². The first-order valence-electron chi connectivity index (χ1n) is 6.47. The summed E-state index contributed by atoms with van der Waals surface area (Å²) < 4.78 is 4.97. The van der Waals surface area contributed by atoms with Crippen LogP contribution >= 0.6 is 0 Å². The van der Waals surface area contributed by atoms with Gasteiger partial charge >= 0.3 is 0 Å². The Morgan fingerprint density at radius 1 is 1.38 bits per heavy atom. The summed E-state index contributed by atoms with van der Waals surface area (Å²) in [4.78, 5) is 13.7. The highest BCUT2D eigenvalue weighted by molar-refractivity contribution is 5.91. The Balaban J connectivity index is 2.02. The van der Waals surface area contributed by atoms with Crippen molar-refractivity contribution in [1.82, 2.24) is 10.1 Å². The molecule has 0 fully saturated rings. The van der Waals surface area contributed by atoms with Crippen LogP contribution in [0.4, 0.5) is 0 Å². The van der Waals surface area contributed by atoms with Crippen molar-refractivity contribution in [2.75, 3.05) is 13.7 Å². The normalized spacial score (nSPS) is 9.86. The number of hydrogen-bond acceptors (Lipinski definition) is 4. The number of benzene rings is 1. The molecule has 0 unspecified atom stereocenters. The molecule has 1 aromatic heterocycles. The smallest absolute Gasteiger partial charge is 0.292 e. The van der Waals surface area contributed by atoms with Gasteiger partial charge in [-0.2, -0.15) is 0 Å². The van der Waals surface area contributed by atoms with Gasteiger partial charge < -0.3 is 14.5 Å². The Hall–Kier alpha value is -2.58. The first-order chi connectivity index (χ1) is 10.1. The molecule has 5 nitrogen and oxygen atoms in total. The second-order valence-corrected chi connectivity index (χ2v) is 4.65. The zero-order chi connectivity index (χ0) is 15.2. The number of aryl methyl sites for hydroxylation is 1. The molecule has 2 aromatic rings. The van der Waals surface area contributed by atoms with Crippen molar-refractivity contribution in [3.05, 3.63) is 52.9 Å². The lowest BCUT2D eigenvalue weighted by molar-refractivity contribution is 0.0743. The van der Waals surface area contributed by atoms with Gasteiger partial charge in [0.1, 0.15) is 6.61 Å². The SMILES string of the molecule is Cc1cc(C(=O)N(C)Cc2ccc(C#CCO)cc2)on1. The lowest BCUT2D eigenvalue weighted by Crippen LogP contribution is -2.25. The van der Waals surface area contributed by atoms with Gasteiger partial charge in [0.25, 0.3) is 5.91 Å². The molecule has 2 rings (SSSR count). The molecule has 1 amide bonds. The molecule has 0 atom stereocenters. The standard InChI is InChI=1S/C16H16N2O3/c1-12-10-15(21-17-12)16(20)18(2)11-14-7-5-13(6-8-14)4-3-9-19/h5-8,10,19H,9,11H2,1-2H3. The third-order valence-electron chi connectivity index (χ3n) is 2.87. The minimum absolute atomic E-state index is 0.157. The maximum absolute atomic E-state index is 12.1. The molecule has 1 heterocycles. The summed E-state index contributed by atoms with van der Waals surface area (Å²) in [5.74, 6) is 5.44. The molecule has 0 radical (unpaired) electrons. The molecule has 0 bridgehead atoms. The van der Waals surface area contributed by atoms with Gasteiger partial charge in [0, 0.05) is 25.2 Å². The van der Waals surface area contributed by atoms with Gasteiger partial charge in [-0.15, -0.1) is 0 Å². The zero-order valence-electron chi connectivity index (χ0n) is 12.0. The largest absolute Gasteiger partial charge is 0.384 e. The highest BCUT2D eigenvalue weighted by Gasteiger charge is 2.16. The van der Waals surface area contributed by atoms with Gasteiger partial charge in [-0.3, -0.25) is 4.79 Å². The summed E-state index contributed by atoms with van der Waals surface area (Å²) >= 11 is 0. The van der Waals surface area contributed by atoms with Crippen LogP contribution in [-0.4, -0.2) is 34.7 Å². The third-order valence-corrected chi connectivity index (χ3v) is 2.87. The maximum atomic E-state index is 12.1. The van der Waals surface area contributed by atoms with Crippen molar-refractivity contribution < 1.29 is 14.4 Å². The quantitative estimate of drug-likeness (QED) is 0.869. The van der Waals surface area contributed by atoms with E-state index in [4.69, 9.17) is 9.63 Å². The van der Waals surface area contributed by atoms with E-state index in [1.54, 1.807) is 24.9 Å². The lowest BCUT2D eigenvalue weighted by atomic mass is 10.1. The van der Waals surface area contributed by atoms with Crippen LogP contribution in [-0.2, 0) is 6.54 Å². The summed E-state index contributed by atoms with van der Waals surface area (Å²) in [5, 5.41) is 12.3. The van der Waals surface area contributed by atoms with Gasteiger partial charge in [0.2, 0.25) is 5.76 Å². The predicted octanol–water partition coefficient (Wildman–Crippen LogP) is 1.60. The van der Waals surface area contributed by atoms with E-state index in [0.29, 0.717) is 12.2 Å². The van der Waals surface area contributed by atoms with Crippen LogP contribution < -0.4 is 0 Å². The second kappa shape index (κ2) is 6.73. The van der Waals surface area contributed by atoms with Crippen molar-refractivity contribution in [3.8, 4) is 11.8 Å². The Morgan fingerprint density at radius 3 is 2.67 bits per heavy atom. The fourth-order valence-electron chi connectivity index (χ4n) is 1.83. The van der Waals surface area contributed by atoms with Crippen molar-refractivity contribution in [2.24, 2.45) is 0 Å². The van der Waals surface area contributed by atoms with E-state index in [2.05, 4.69) is 17.0 Å². The van der Waals surface area contributed by atoms with E-state index < -0.39 is 0 Å². The first-order valence-corrected chi connectivity index (χ1v) is 6.47. The number of carbonyl (C=O) groups excluding carboxylic acids is 1. The van der Waals surface area contributed by atoms with Crippen molar-refractivity contribution in [2.45, 2.75) is 13.5 Å². The molecule has 0 saturated carbocycles. The van der Waals surface area contributed by atoms with Crippen LogP contribution in [0.1, 0.15) is 27.4 Å².